The van der Waals surface area contributed by atoms with Crippen LogP contribution in [0.3, 0.4) is 0 Å². The molecule has 2 aromatic carbocycles. The van der Waals surface area contributed by atoms with Crippen molar-refractivity contribution in [3.05, 3.63) is 71.2 Å². The Hall–Kier alpha value is -3.53. The van der Waals surface area contributed by atoms with Gasteiger partial charge in [0.1, 0.15) is 5.82 Å². The second-order valence-corrected chi connectivity index (χ2v) is 8.51. The van der Waals surface area contributed by atoms with E-state index in [0.29, 0.717) is 22.5 Å². The number of sulfonamides is 1. The highest BCUT2D eigenvalue weighted by atomic mass is 32.2. The maximum atomic E-state index is 12.9. The number of nitrogens with one attached hydrogen (secondary N) is 2. The lowest BCUT2D eigenvalue weighted by Gasteiger charge is -2.08. The van der Waals surface area contributed by atoms with Gasteiger partial charge in [0.25, 0.3) is 10.0 Å². The fraction of sp³-hybridized carbons (Fsp3) is 0.190. The molecule has 0 saturated carbocycles. The third-order valence-electron chi connectivity index (χ3n) is 4.58. The molecule has 0 fully saturated rings. The van der Waals surface area contributed by atoms with Crippen molar-refractivity contribution in [2.75, 3.05) is 10.0 Å². The molecular weight excluding hydrogens is 425 g/mol. The largest absolute Gasteiger partial charge is 0.337 e. The van der Waals surface area contributed by atoms with Crippen LogP contribution in [0.5, 0.6) is 0 Å². The summed E-state index contributed by atoms with van der Waals surface area (Å²) in [6, 6.07) is 10.6. The molecule has 10 heteroatoms. The number of amides is 1. The number of hydrogen-bond donors (Lipinski definition) is 2. The minimum atomic E-state index is -3.89. The molecule has 3 rings (SSSR count). The number of aromatic nitrogens is 1. The maximum absolute atomic E-state index is 12.9. The molecule has 1 heterocycles. The third kappa shape index (κ3) is 5.54. The summed E-state index contributed by atoms with van der Waals surface area (Å²) in [5, 5.41) is 6.31. The molecule has 1 aromatic heterocycles. The summed E-state index contributed by atoms with van der Waals surface area (Å²) in [4.78, 5) is 24.1. The van der Waals surface area contributed by atoms with E-state index in [0.717, 1.165) is 0 Å². The number of carbonyl (C=O) groups excluding carboxylic acids is 2. The van der Waals surface area contributed by atoms with E-state index in [1.54, 1.807) is 13.8 Å². The molecule has 0 bridgehead atoms. The summed E-state index contributed by atoms with van der Waals surface area (Å²) in [6.07, 6.45) is -0.105. The lowest BCUT2D eigenvalue weighted by atomic mass is 10.1. The summed E-state index contributed by atoms with van der Waals surface area (Å²) in [7, 11) is -3.89. The van der Waals surface area contributed by atoms with Crippen LogP contribution < -0.4 is 10.0 Å². The number of halogens is 1. The zero-order valence-electron chi connectivity index (χ0n) is 16.8. The van der Waals surface area contributed by atoms with Gasteiger partial charge in [-0.2, -0.15) is 0 Å². The quantitative estimate of drug-likeness (QED) is 0.509. The topological polar surface area (TPSA) is 118 Å². The average Bonchev–Trinajstić information content (AvgIpc) is 3.04. The minimum absolute atomic E-state index is 0.0227. The summed E-state index contributed by atoms with van der Waals surface area (Å²) in [6.45, 7) is 3.38. The summed E-state index contributed by atoms with van der Waals surface area (Å²) < 4.78 is 45.2. The molecule has 0 aliphatic rings. The van der Waals surface area contributed by atoms with E-state index < -0.39 is 21.7 Å². The minimum Gasteiger partial charge on any atom is -0.337 e. The number of nitrogens with zero attached hydrogens (tertiary/aromatic N) is 1. The van der Waals surface area contributed by atoms with E-state index in [1.807, 2.05) is 0 Å². The molecule has 0 spiro atoms. The van der Waals surface area contributed by atoms with Crippen molar-refractivity contribution in [1.29, 1.82) is 0 Å². The fourth-order valence-corrected chi connectivity index (χ4v) is 3.69. The fourth-order valence-electron chi connectivity index (χ4n) is 2.64. The molecule has 162 valence electrons. The molecule has 8 nitrogen and oxygen atoms in total. The number of Topliss-reactive ketones (excluding diaryl/α,β-unsaturated/α-hetero) is 1. The van der Waals surface area contributed by atoms with Gasteiger partial charge >= 0.3 is 0 Å². The smallest absolute Gasteiger partial charge is 0.264 e. The molecule has 0 radical (unpaired) electrons. The predicted octanol–water partition coefficient (Wildman–Crippen LogP) is 3.83. The van der Waals surface area contributed by atoms with Gasteiger partial charge in [-0.05, 0) is 62.4 Å². The Kier molecular flexibility index (Phi) is 6.50. The van der Waals surface area contributed by atoms with E-state index in [1.165, 1.54) is 48.5 Å². The lowest BCUT2D eigenvalue weighted by Crippen LogP contribution is -2.15. The second-order valence-electron chi connectivity index (χ2n) is 6.83. The van der Waals surface area contributed by atoms with E-state index in [-0.39, 0.29) is 29.4 Å². The SMILES string of the molecule is Cc1noc(NS(=O)(=O)c2ccc(NC(=O)CCC(=O)c3ccc(F)cc3)cc2)c1C. The number of hydrogen-bond acceptors (Lipinski definition) is 6. The van der Waals surface area contributed by atoms with Gasteiger partial charge in [0.05, 0.1) is 10.6 Å². The van der Waals surface area contributed by atoms with Crippen LogP contribution in [0, 0.1) is 19.7 Å². The summed E-state index contributed by atoms with van der Waals surface area (Å²) in [5.74, 6) is -1.08. The second kappa shape index (κ2) is 9.09. The van der Waals surface area contributed by atoms with Crippen molar-refractivity contribution in [2.24, 2.45) is 0 Å². The predicted molar refractivity (Wildman–Crippen MR) is 112 cm³/mol. The molecule has 0 unspecified atom stereocenters. The number of carbonyl (C=O) groups is 2. The molecule has 0 saturated heterocycles. The Bertz CT molecular complexity index is 1200. The number of rotatable bonds is 8. The van der Waals surface area contributed by atoms with Gasteiger partial charge in [0.2, 0.25) is 11.8 Å². The Balaban J connectivity index is 1.57. The van der Waals surface area contributed by atoms with Crippen molar-refractivity contribution >= 4 is 33.3 Å². The molecular formula is C21H20FN3O5S. The Morgan fingerprint density at radius 2 is 1.65 bits per heavy atom. The summed E-state index contributed by atoms with van der Waals surface area (Å²) >= 11 is 0. The standard InChI is InChI=1S/C21H20FN3O5S/c1-13-14(2)24-30-21(13)25-31(28,29)18-9-7-17(8-10-18)23-20(27)12-11-19(26)15-3-5-16(22)6-4-15/h3-10,25H,11-12H2,1-2H3,(H,23,27). The molecule has 31 heavy (non-hydrogen) atoms. The highest BCUT2D eigenvalue weighted by Crippen LogP contribution is 2.22. The van der Waals surface area contributed by atoms with Crippen LogP contribution in [0.2, 0.25) is 0 Å². The highest BCUT2D eigenvalue weighted by Gasteiger charge is 2.19. The molecule has 0 atom stereocenters. The number of benzene rings is 2. The number of ketones is 1. The Morgan fingerprint density at radius 1 is 1.00 bits per heavy atom. The first-order chi connectivity index (χ1) is 14.7. The maximum Gasteiger partial charge on any atom is 0.264 e. The molecule has 0 aliphatic heterocycles. The van der Waals surface area contributed by atoms with Crippen molar-refractivity contribution in [2.45, 2.75) is 31.6 Å². The van der Waals surface area contributed by atoms with Crippen LogP contribution in [-0.4, -0.2) is 25.3 Å². The van der Waals surface area contributed by atoms with Gasteiger partial charge in [0, 0.05) is 29.7 Å². The van der Waals surface area contributed by atoms with Crippen molar-refractivity contribution in [3.63, 3.8) is 0 Å². The van der Waals surface area contributed by atoms with E-state index in [2.05, 4.69) is 15.2 Å². The van der Waals surface area contributed by atoms with Crippen molar-refractivity contribution < 1.29 is 26.9 Å². The first-order valence-electron chi connectivity index (χ1n) is 9.30. The third-order valence-corrected chi connectivity index (χ3v) is 5.92. The Labute approximate surface area is 178 Å². The van der Waals surface area contributed by atoms with Gasteiger partial charge < -0.3 is 9.84 Å². The van der Waals surface area contributed by atoms with E-state index in [4.69, 9.17) is 4.52 Å². The number of aryl methyl sites for hydroxylation is 1. The van der Waals surface area contributed by atoms with Crippen LogP contribution in [-0.2, 0) is 14.8 Å². The first-order valence-corrected chi connectivity index (χ1v) is 10.8. The summed E-state index contributed by atoms with van der Waals surface area (Å²) in [5.41, 5.74) is 1.87. The van der Waals surface area contributed by atoms with E-state index >= 15 is 0 Å². The van der Waals surface area contributed by atoms with Crippen LogP contribution in [0.4, 0.5) is 16.0 Å². The molecule has 3 aromatic rings. The first kappa shape index (κ1) is 22.2. The van der Waals surface area contributed by atoms with Crippen LogP contribution >= 0.6 is 0 Å². The van der Waals surface area contributed by atoms with Crippen LogP contribution in [0.15, 0.2) is 57.9 Å². The van der Waals surface area contributed by atoms with Gasteiger partial charge in [0.15, 0.2) is 5.78 Å². The Morgan fingerprint density at radius 3 is 2.23 bits per heavy atom. The van der Waals surface area contributed by atoms with Gasteiger partial charge in [-0.3, -0.25) is 9.59 Å². The molecule has 1 amide bonds. The lowest BCUT2D eigenvalue weighted by molar-refractivity contribution is -0.116. The number of anilines is 2. The monoisotopic (exact) mass is 445 g/mol. The van der Waals surface area contributed by atoms with Gasteiger partial charge in [-0.15, -0.1) is 0 Å². The molecule has 0 aliphatic carbocycles. The zero-order chi connectivity index (χ0) is 22.6. The average molecular weight is 445 g/mol. The molecule has 2 N–H and O–H groups in total. The highest BCUT2D eigenvalue weighted by molar-refractivity contribution is 7.92. The van der Waals surface area contributed by atoms with Crippen LogP contribution in [0.1, 0.15) is 34.5 Å². The van der Waals surface area contributed by atoms with Crippen LogP contribution in [0.25, 0.3) is 0 Å². The van der Waals surface area contributed by atoms with Gasteiger partial charge in [-0.1, -0.05) is 5.16 Å². The zero-order valence-corrected chi connectivity index (χ0v) is 17.6. The van der Waals surface area contributed by atoms with Gasteiger partial charge in [-0.25, -0.2) is 17.5 Å². The van der Waals surface area contributed by atoms with Crippen molar-refractivity contribution in [3.8, 4) is 0 Å². The normalized spacial score (nSPS) is 11.2. The van der Waals surface area contributed by atoms with Crippen molar-refractivity contribution in [1.82, 2.24) is 5.16 Å². The van der Waals surface area contributed by atoms with E-state index in [9.17, 15) is 22.4 Å².